The maximum atomic E-state index is 13.5. The zero-order valence-electron chi connectivity index (χ0n) is 18.9. The summed E-state index contributed by atoms with van der Waals surface area (Å²) in [6.45, 7) is 1.97. The van der Waals surface area contributed by atoms with Crippen molar-refractivity contribution in [3.05, 3.63) is 97.4 Å². The van der Waals surface area contributed by atoms with Gasteiger partial charge in [0, 0.05) is 41.7 Å². The summed E-state index contributed by atoms with van der Waals surface area (Å²) in [7, 11) is 3.46. The van der Waals surface area contributed by atoms with Gasteiger partial charge in [0.05, 0.1) is 22.4 Å². The summed E-state index contributed by atoms with van der Waals surface area (Å²) in [5, 5.41) is 1.16. The van der Waals surface area contributed by atoms with Crippen molar-refractivity contribution in [3.63, 3.8) is 0 Å². The van der Waals surface area contributed by atoms with Crippen LogP contribution in [0.3, 0.4) is 0 Å². The van der Waals surface area contributed by atoms with Gasteiger partial charge in [0.1, 0.15) is 6.04 Å². The molecular weight excluding hydrogens is 471 g/mol. The lowest BCUT2D eigenvalue weighted by atomic mass is 9.99. The summed E-state index contributed by atoms with van der Waals surface area (Å²) >= 11 is 12.9. The molecule has 3 aromatic carbocycles. The monoisotopic (exact) mass is 492 g/mol. The molecule has 1 aliphatic rings. The topological polar surface area (TPSA) is 70.5 Å². The number of carbonyl (C=O) groups excluding carboxylic acids is 1. The van der Waals surface area contributed by atoms with E-state index in [0.29, 0.717) is 27.9 Å². The van der Waals surface area contributed by atoms with E-state index in [-0.39, 0.29) is 11.6 Å². The molecule has 34 heavy (non-hydrogen) atoms. The van der Waals surface area contributed by atoms with Gasteiger partial charge in [-0.15, -0.1) is 0 Å². The van der Waals surface area contributed by atoms with E-state index in [1.807, 2.05) is 55.5 Å². The smallest absolute Gasteiger partial charge is 0.313 e. The molecule has 5 rings (SSSR count). The van der Waals surface area contributed by atoms with E-state index in [0.717, 1.165) is 33.3 Å². The van der Waals surface area contributed by atoms with Gasteiger partial charge in [-0.3, -0.25) is 14.4 Å². The molecule has 1 atom stereocenters. The second kappa shape index (κ2) is 8.46. The van der Waals surface area contributed by atoms with Crippen molar-refractivity contribution in [2.45, 2.75) is 19.4 Å². The highest BCUT2D eigenvalue weighted by Crippen LogP contribution is 2.32. The molecule has 1 amide bonds. The van der Waals surface area contributed by atoms with Crippen LogP contribution in [-0.2, 0) is 18.3 Å². The second-order valence-corrected chi connectivity index (χ2v) is 9.42. The molecule has 0 radical (unpaired) electrons. The molecule has 0 spiro atoms. The van der Waals surface area contributed by atoms with Gasteiger partial charge >= 0.3 is 5.69 Å². The number of aryl methyl sites for hydroxylation is 2. The van der Waals surface area contributed by atoms with Gasteiger partial charge in [0.25, 0.3) is 5.91 Å². The zero-order chi connectivity index (χ0) is 24.1. The first kappa shape index (κ1) is 22.4. The van der Waals surface area contributed by atoms with E-state index in [1.54, 1.807) is 29.6 Å². The third-order valence-corrected chi connectivity index (χ3v) is 6.86. The van der Waals surface area contributed by atoms with Crippen LogP contribution in [0.5, 0.6) is 0 Å². The predicted molar refractivity (Wildman–Crippen MR) is 138 cm³/mol. The van der Waals surface area contributed by atoms with Crippen LogP contribution in [0.15, 0.2) is 64.4 Å². The Bertz CT molecular complexity index is 1550. The minimum absolute atomic E-state index is 0.134. The molecule has 8 heteroatoms. The summed E-state index contributed by atoms with van der Waals surface area (Å²) in [5.74, 6) is -0.134. The maximum Gasteiger partial charge on any atom is 0.326 e. The summed E-state index contributed by atoms with van der Waals surface area (Å²) in [6.07, 6.45) is 0.360. The number of imidazole rings is 1. The minimum Gasteiger partial charge on any atom is -0.313 e. The lowest BCUT2D eigenvalue weighted by Gasteiger charge is -2.21. The Balaban J connectivity index is 1.71. The van der Waals surface area contributed by atoms with Crippen LogP contribution in [0, 0.1) is 6.92 Å². The Labute approximate surface area is 206 Å². The average molecular weight is 493 g/mol. The Morgan fingerprint density at radius 2 is 1.79 bits per heavy atom. The molecule has 0 saturated carbocycles. The number of benzodiazepines with no additional fused rings is 1. The van der Waals surface area contributed by atoms with Crippen molar-refractivity contribution < 1.29 is 4.79 Å². The van der Waals surface area contributed by atoms with E-state index in [2.05, 4.69) is 4.98 Å². The standard InChI is InChI=1S/C26H22Cl2N4O2/c1-14-4-5-15(19(28)10-14)11-21-25(33)31(2)22-9-7-17(27)13-18(22)24(29-21)16-6-8-20-23(12-16)32(3)26(34)30-20/h4-10,12-13,21H,11H2,1-3H3,(H,30,34). The molecular formula is C26H22Cl2N4O2. The first-order valence-corrected chi connectivity index (χ1v) is 11.6. The van der Waals surface area contributed by atoms with E-state index < -0.39 is 6.04 Å². The first-order valence-electron chi connectivity index (χ1n) is 10.8. The van der Waals surface area contributed by atoms with Gasteiger partial charge in [-0.2, -0.15) is 0 Å². The molecule has 1 aromatic heterocycles. The summed E-state index contributed by atoms with van der Waals surface area (Å²) in [6, 6.07) is 16.2. The van der Waals surface area contributed by atoms with Gasteiger partial charge in [-0.1, -0.05) is 41.4 Å². The van der Waals surface area contributed by atoms with Crippen molar-refractivity contribution in [1.29, 1.82) is 0 Å². The van der Waals surface area contributed by atoms with Gasteiger partial charge in [-0.05, 0) is 54.4 Å². The van der Waals surface area contributed by atoms with Crippen LogP contribution in [0.1, 0.15) is 22.3 Å². The molecule has 1 unspecified atom stereocenters. The van der Waals surface area contributed by atoms with E-state index in [1.165, 1.54) is 0 Å². The predicted octanol–water partition coefficient (Wildman–Crippen LogP) is 4.91. The van der Waals surface area contributed by atoms with Gasteiger partial charge in [-0.25, -0.2) is 4.79 Å². The molecule has 2 heterocycles. The van der Waals surface area contributed by atoms with E-state index >= 15 is 0 Å². The molecule has 0 aliphatic carbocycles. The third-order valence-electron chi connectivity index (χ3n) is 6.28. The van der Waals surface area contributed by atoms with Crippen molar-refractivity contribution in [3.8, 4) is 0 Å². The third kappa shape index (κ3) is 3.83. The number of aliphatic imine (C=N–C) groups is 1. The van der Waals surface area contributed by atoms with Crippen molar-refractivity contribution in [2.24, 2.45) is 12.0 Å². The number of fused-ring (bicyclic) bond motifs is 2. The molecule has 0 saturated heterocycles. The van der Waals surface area contributed by atoms with Crippen molar-refractivity contribution in [2.75, 3.05) is 11.9 Å². The fourth-order valence-corrected chi connectivity index (χ4v) is 4.86. The zero-order valence-corrected chi connectivity index (χ0v) is 20.4. The summed E-state index contributed by atoms with van der Waals surface area (Å²) in [4.78, 5) is 35.1. The fourth-order valence-electron chi connectivity index (χ4n) is 4.37. The second-order valence-electron chi connectivity index (χ2n) is 8.57. The van der Waals surface area contributed by atoms with Crippen LogP contribution in [0.25, 0.3) is 11.0 Å². The van der Waals surface area contributed by atoms with Gasteiger partial charge < -0.3 is 9.88 Å². The van der Waals surface area contributed by atoms with Crippen LogP contribution >= 0.6 is 23.2 Å². The van der Waals surface area contributed by atoms with E-state index in [9.17, 15) is 9.59 Å². The lowest BCUT2D eigenvalue weighted by molar-refractivity contribution is -0.119. The maximum absolute atomic E-state index is 13.5. The molecule has 6 nitrogen and oxygen atoms in total. The number of likely N-dealkylation sites (N-methyl/N-ethyl adjacent to an activating group) is 1. The number of hydrogen-bond acceptors (Lipinski definition) is 3. The largest absolute Gasteiger partial charge is 0.326 e. The van der Waals surface area contributed by atoms with Gasteiger partial charge in [0.15, 0.2) is 0 Å². The number of aromatic nitrogens is 2. The number of hydrogen-bond donors (Lipinski definition) is 1. The Kier molecular flexibility index (Phi) is 5.58. The number of carbonyl (C=O) groups is 1. The normalized spacial score (nSPS) is 15.9. The highest BCUT2D eigenvalue weighted by atomic mass is 35.5. The Morgan fingerprint density at radius 1 is 1.00 bits per heavy atom. The fraction of sp³-hybridized carbons (Fsp3) is 0.192. The van der Waals surface area contributed by atoms with Crippen LogP contribution in [0.2, 0.25) is 10.0 Å². The number of amides is 1. The van der Waals surface area contributed by atoms with Crippen molar-refractivity contribution in [1.82, 2.24) is 9.55 Å². The van der Waals surface area contributed by atoms with Gasteiger partial charge in [0.2, 0.25) is 0 Å². The summed E-state index contributed by atoms with van der Waals surface area (Å²) < 4.78 is 1.55. The molecule has 1 aliphatic heterocycles. The molecule has 172 valence electrons. The van der Waals surface area contributed by atoms with E-state index in [4.69, 9.17) is 28.2 Å². The number of benzene rings is 3. The molecule has 0 fully saturated rings. The minimum atomic E-state index is -0.683. The first-order chi connectivity index (χ1) is 16.2. The lowest BCUT2D eigenvalue weighted by Crippen LogP contribution is -2.36. The Hall–Kier alpha value is -3.35. The highest BCUT2D eigenvalue weighted by molar-refractivity contribution is 6.32. The number of rotatable bonds is 3. The average Bonchev–Trinajstić information content (AvgIpc) is 3.04. The number of anilines is 1. The number of halogens is 2. The number of nitrogens with zero attached hydrogens (tertiary/aromatic N) is 3. The SMILES string of the molecule is Cc1ccc(CC2N=C(c3ccc4[nH]c(=O)n(C)c4c3)c3cc(Cl)ccc3N(C)C2=O)c(Cl)c1. The molecule has 0 bridgehead atoms. The van der Waals surface area contributed by atoms with Crippen LogP contribution in [0.4, 0.5) is 5.69 Å². The molecule has 1 N–H and O–H groups in total. The Morgan fingerprint density at radius 3 is 2.56 bits per heavy atom. The van der Waals surface area contributed by atoms with Crippen molar-refractivity contribution >= 4 is 51.5 Å². The van der Waals surface area contributed by atoms with Crippen LogP contribution in [-0.4, -0.2) is 34.3 Å². The van der Waals surface area contributed by atoms with Crippen LogP contribution < -0.4 is 10.6 Å². The highest BCUT2D eigenvalue weighted by Gasteiger charge is 2.31. The number of aromatic amines is 1. The molecule has 4 aromatic rings. The summed E-state index contributed by atoms with van der Waals surface area (Å²) in [5.41, 5.74) is 6.08. The number of H-pyrrole nitrogens is 1. The number of nitrogens with one attached hydrogen (secondary N) is 1. The quantitative estimate of drug-likeness (QED) is 0.441.